The molecule has 0 spiro atoms. The summed E-state index contributed by atoms with van der Waals surface area (Å²) in [6.45, 7) is 2.25. The van der Waals surface area contributed by atoms with E-state index in [0.717, 1.165) is 5.56 Å². The predicted molar refractivity (Wildman–Crippen MR) is 94.3 cm³/mol. The van der Waals surface area contributed by atoms with Crippen LogP contribution in [0.1, 0.15) is 12.5 Å². The summed E-state index contributed by atoms with van der Waals surface area (Å²) in [6, 6.07) is 14.6. The van der Waals surface area contributed by atoms with E-state index in [0.29, 0.717) is 18.1 Å². The second kappa shape index (κ2) is 9.93. The Balaban J connectivity index is 1.82. The molecule has 0 saturated carbocycles. The number of rotatable bonds is 9. The van der Waals surface area contributed by atoms with E-state index in [4.69, 9.17) is 14.2 Å². The molecule has 0 aromatic heterocycles. The van der Waals surface area contributed by atoms with Crippen LogP contribution in [0.2, 0.25) is 0 Å². The lowest BCUT2D eigenvalue weighted by molar-refractivity contribution is -0.140. The average Bonchev–Trinajstić information content (AvgIpc) is 2.65. The zero-order valence-electron chi connectivity index (χ0n) is 14.4. The van der Waals surface area contributed by atoms with Gasteiger partial charge in [-0.25, -0.2) is 9.59 Å². The molecule has 2 rings (SSSR count). The highest BCUT2D eigenvalue weighted by Crippen LogP contribution is 2.17. The molecule has 0 aliphatic rings. The molecule has 2 N–H and O–H groups in total. The molecule has 0 aliphatic carbocycles. The minimum absolute atomic E-state index is 0.0543. The maximum atomic E-state index is 11.8. The van der Waals surface area contributed by atoms with E-state index < -0.39 is 18.1 Å². The molecule has 0 fully saturated rings. The number of hydrogen-bond acceptors (Lipinski definition) is 5. The van der Waals surface area contributed by atoms with Gasteiger partial charge in [0.25, 0.3) is 0 Å². The molecule has 0 radical (unpaired) electrons. The van der Waals surface area contributed by atoms with E-state index in [-0.39, 0.29) is 13.2 Å². The third kappa shape index (κ3) is 6.35. The van der Waals surface area contributed by atoms with Crippen molar-refractivity contribution in [2.45, 2.75) is 19.6 Å². The van der Waals surface area contributed by atoms with Crippen LogP contribution in [0.3, 0.4) is 0 Å². The lowest BCUT2D eigenvalue weighted by atomic mass is 10.2. The summed E-state index contributed by atoms with van der Waals surface area (Å²) in [5.74, 6) is -0.0518. The van der Waals surface area contributed by atoms with Gasteiger partial charge in [-0.15, -0.1) is 0 Å². The Bertz CT molecular complexity index is 702. The standard InChI is InChI=1S/C19H21NO6/c1-2-24-15-8-10-16(11-9-15)25-13-17(18(21)22)20-19(23)26-12-14-6-4-3-5-7-14/h3-11,17H,2,12-13H2,1H3,(H,20,23)(H,21,22). The van der Waals surface area contributed by atoms with Crippen LogP contribution in [0.5, 0.6) is 11.5 Å². The Labute approximate surface area is 151 Å². The number of alkyl carbamates (subject to hydrolysis) is 1. The lowest BCUT2D eigenvalue weighted by Gasteiger charge is -2.15. The molecule has 7 heteroatoms. The fourth-order valence-corrected chi connectivity index (χ4v) is 2.06. The molecule has 1 unspecified atom stereocenters. The van der Waals surface area contributed by atoms with Crippen molar-refractivity contribution in [1.82, 2.24) is 5.32 Å². The van der Waals surface area contributed by atoms with Gasteiger partial charge in [-0.1, -0.05) is 30.3 Å². The molecule has 0 saturated heterocycles. The van der Waals surface area contributed by atoms with Gasteiger partial charge in [0.15, 0.2) is 6.04 Å². The van der Waals surface area contributed by atoms with Gasteiger partial charge in [0.2, 0.25) is 0 Å². The van der Waals surface area contributed by atoms with Crippen LogP contribution in [0.25, 0.3) is 0 Å². The highest BCUT2D eigenvalue weighted by molar-refractivity contribution is 5.80. The van der Waals surface area contributed by atoms with Crippen molar-refractivity contribution in [3.63, 3.8) is 0 Å². The lowest BCUT2D eigenvalue weighted by Crippen LogP contribution is -2.45. The number of hydrogen-bond donors (Lipinski definition) is 2. The van der Waals surface area contributed by atoms with Gasteiger partial charge >= 0.3 is 12.1 Å². The number of aliphatic carboxylic acids is 1. The molecule has 2 aromatic carbocycles. The first kappa shape index (κ1) is 19.1. The minimum Gasteiger partial charge on any atom is -0.494 e. The largest absolute Gasteiger partial charge is 0.494 e. The first-order valence-corrected chi connectivity index (χ1v) is 8.14. The fraction of sp³-hybridized carbons (Fsp3) is 0.263. The number of nitrogens with one attached hydrogen (secondary N) is 1. The molecule has 0 heterocycles. The third-order valence-electron chi connectivity index (χ3n) is 3.35. The third-order valence-corrected chi connectivity index (χ3v) is 3.35. The van der Waals surface area contributed by atoms with Gasteiger partial charge in [0, 0.05) is 0 Å². The van der Waals surface area contributed by atoms with Crippen molar-refractivity contribution in [3.8, 4) is 11.5 Å². The first-order valence-electron chi connectivity index (χ1n) is 8.14. The normalized spacial score (nSPS) is 11.3. The molecule has 0 bridgehead atoms. The van der Waals surface area contributed by atoms with Crippen molar-refractivity contribution < 1.29 is 28.9 Å². The zero-order valence-corrected chi connectivity index (χ0v) is 14.4. The Hall–Kier alpha value is -3.22. The second-order valence-corrected chi connectivity index (χ2v) is 5.31. The number of carboxylic acids is 1. The van der Waals surface area contributed by atoms with E-state index in [1.807, 2.05) is 25.1 Å². The zero-order chi connectivity index (χ0) is 18.8. The van der Waals surface area contributed by atoms with Gasteiger partial charge in [-0.3, -0.25) is 0 Å². The summed E-state index contributed by atoms with van der Waals surface area (Å²) >= 11 is 0. The number of amides is 1. The van der Waals surface area contributed by atoms with Crippen molar-refractivity contribution >= 4 is 12.1 Å². The molecule has 7 nitrogen and oxygen atoms in total. The fourth-order valence-electron chi connectivity index (χ4n) is 2.06. The quantitative estimate of drug-likeness (QED) is 0.715. The average molecular weight is 359 g/mol. The first-order chi connectivity index (χ1) is 12.6. The molecule has 26 heavy (non-hydrogen) atoms. The Morgan fingerprint density at radius 3 is 2.19 bits per heavy atom. The monoisotopic (exact) mass is 359 g/mol. The number of carboxylic acid groups (broad SMARTS) is 1. The van der Waals surface area contributed by atoms with Gasteiger partial charge in [0.1, 0.15) is 24.7 Å². The van der Waals surface area contributed by atoms with E-state index in [2.05, 4.69) is 5.32 Å². The van der Waals surface area contributed by atoms with Gasteiger partial charge < -0.3 is 24.6 Å². The minimum atomic E-state index is -1.23. The predicted octanol–water partition coefficient (Wildman–Crippen LogP) is 2.84. The van der Waals surface area contributed by atoms with E-state index in [1.54, 1.807) is 36.4 Å². The molecule has 2 aromatic rings. The van der Waals surface area contributed by atoms with E-state index in [9.17, 15) is 14.7 Å². The molecular formula is C19H21NO6. The number of ether oxygens (including phenoxy) is 3. The topological polar surface area (TPSA) is 94.1 Å². The highest BCUT2D eigenvalue weighted by atomic mass is 16.5. The van der Waals surface area contributed by atoms with E-state index >= 15 is 0 Å². The van der Waals surface area contributed by atoms with Gasteiger partial charge in [-0.05, 0) is 36.8 Å². The van der Waals surface area contributed by atoms with Crippen molar-refractivity contribution in [1.29, 1.82) is 0 Å². The highest BCUT2D eigenvalue weighted by Gasteiger charge is 2.21. The number of carbonyl (C=O) groups is 2. The van der Waals surface area contributed by atoms with Crippen LogP contribution in [0, 0.1) is 0 Å². The van der Waals surface area contributed by atoms with E-state index in [1.165, 1.54) is 0 Å². The van der Waals surface area contributed by atoms with Crippen LogP contribution in [0.15, 0.2) is 54.6 Å². The Kier molecular flexibility index (Phi) is 7.30. The second-order valence-electron chi connectivity index (χ2n) is 5.31. The molecular weight excluding hydrogens is 338 g/mol. The Morgan fingerprint density at radius 1 is 1.00 bits per heavy atom. The van der Waals surface area contributed by atoms with Crippen molar-refractivity contribution in [2.24, 2.45) is 0 Å². The van der Waals surface area contributed by atoms with Crippen molar-refractivity contribution in [3.05, 3.63) is 60.2 Å². The van der Waals surface area contributed by atoms with Crippen LogP contribution in [0.4, 0.5) is 4.79 Å². The summed E-state index contributed by atoms with van der Waals surface area (Å²) < 4.78 is 15.8. The van der Waals surface area contributed by atoms with Crippen molar-refractivity contribution in [2.75, 3.05) is 13.2 Å². The van der Waals surface area contributed by atoms with Gasteiger partial charge in [-0.2, -0.15) is 0 Å². The molecule has 138 valence electrons. The van der Waals surface area contributed by atoms with Crippen LogP contribution in [-0.2, 0) is 16.1 Å². The summed E-state index contributed by atoms with van der Waals surface area (Å²) in [5.41, 5.74) is 0.806. The summed E-state index contributed by atoms with van der Waals surface area (Å²) in [6.07, 6.45) is -0.823. The summed E-state index contributed by atoms with van der Waals surface area (Å²) in [4.78, 5) is 23.1. The summed E-state index contributed by atoms with van der Waals surface area (Å²) in [5, 5.41) is 11.5. The number of benzene rings is 2. The maximum absolute atomic E-state index is 11.8. The summed E-state index contributed by atoms with van der Waals surface area (Å²) in [7, 11) is 0. The molecule has 0 aliphatic heterocycles. The number of carbonyl (C=O) groups excluding carboxylic acids is 1. The SMILES string of the molecule is CCOc1ccc(OCC(NC(=O)OCc2ccccc2)C(=O)O)cc1. The van der Waals surface area contributed by atoms with Crippen LogP contribution in [-0.4, -0.2) is 36.4 Å². The van der Waals surface area contributed by atoms with Crippen LogP contribution >= 0.6 is 0 Å². The Morgan fingerprint density at radius 2 is 1.62 bits per heavy atom. The molecule has 1 atom stereocenters. The maximum Gasteiger partial charge on any atom is 0.408 e. The van der Waals surface area contributed by atoms with Crippen LogP contribution < -0.4 is 14.8 Å². The van der Waals surface area contributed by atoms with Gasteiger partial charge in [0.05, 0.1) is 6.61 Å². The smallest absolute Gasteiger partial charge is 0.408 e. The molecule has 1 amide bonds.